The van der Waals surface area contributed by atoms with E-state index in [4.69, 9.17) is 21.1 Å². The van der Waals surface area contributed by atoms with Crippen LogP contribution in [0.3, 0.4) is 0 Å². The number of aryl methyl sites for hydroxylation is 1. The topological polar surface area (TPSA) is 109 Å². The number of hydrogen-bond donors (Lipinski definition) is 2. The molecule has 4 heterocycles. The first-order valence-electron chi connectivity index (χ1n) is 12.4. The normalized spacial score (nSPS) is 15.4. The zero-order valence-electron chi connectivity index (χ0n) is 21.3. The van der Waals surface area contributed by atoms with Gasteiger partial charge in [-0.3, -0.25) is 9.69 Å². The van der Waals surface area contributed by atoms with Crippen molar-refractivity contribution in [3.63, 3.8) is 0 Å². The first-order valence-corrected chi connectivity index (χ1v) is 13.6. The molecule has 2 N–H and O–H groups in total. The van der Waals surface area contributed by atoms with Crippen LogP contribution in [0.2, 0.25) is 5.02 Å². The van der Waals surface area contributed by atoms with Gasteiger partial charge in [-0.25, -0.2) is 19.7 Å². The summed E-state index contributed by atoms with van der Waals surface area (Å²) in [5.41, 5.74) is 3.54. The molecule has 2 aliphatic rings. The van der Waals surface area contributed by atoms with Gasteiger partial charge in [-0.1, -0.05) is 23.7 Å². The van der Waals surface area contributed by atoms with E-state index < -0.39 is 6.03 Å². The summed E-state index contributed by atoms with van der Waals surface area (Å²) in [7, 11) is 1.51. The van der Waals surface area contributed by atoms with E-state index in [0.29, 0.717) is 48.7 Å². The Labute approximate surface area is 233 Å². The SMILES string of the molecule is COc1cc(N2C(=O)Nc3c(C(=O)Nc4ccc(CN5CCOCC5)cc4)sc4ncnc2c34)c(C)cc1Cl. The van der Waals surface area contributed by atoms with Gasteiger partial charge in [-0.15, -0.1) is 11.3 Å². The number of carbonyl (C=O) groups is 2. The Bertz CT molecular complexity index is 1590. The number of nitrogens with one attached hydrogen (secondary N) is 2. The van der Waals surface area contributed by atoms with Crippen LogP contribution in [0.5, 0.6) is 5.75 Å². The van der Waals surface area contributed by atoms with Gasteiger partial charge in [-0.05, 0) is 36.2 Å². The van der Waals surface area contributed by atoms with E-state index in [1.165, 1.54) is 29.7 Å². The maximum atomic E-state index is 13.4. The van der Waals surface area contributed by atoms with Crippen LogP contribution in [-0.4, -0.2) is 60.2 Å². The zero-order chi connectivity index (χ0) is 27.1. The third-order valence-electron chi connectivity index (χ3n) is 6.75. The number of halogens is 1. The highest BCUT2D eigenvalue weighted by atomic mass is 35.5. The van der Waals surface area contributed by atoms with Crippen LogP contribution >= 0.6 is 22.9 Å². The second-order valence-corrected chi connectivity index (χ2v) is 10.7. The van der Waals surface area contributed by atoms with E-state index in [2.05, 4.69) is 25.5 Å². The van der Waals surface area contributed by atoms with E-state index >= 15 is 0 Å². The molecule has 0 saturated carbocycles. The Hall–Kier alpha value is -3.77. The summed E-state index contributed by atoms with van der Waals surface area (Å²) in [5.74, 6) is 0.481. The Morgan fingerprint density at radius 1 is 1.21 bits per heavy atom. The predicted octanol–water partition coefficient (Wildman–Crippen LogP) is 5.43. The summed E-state index contributed by atoms with van der Waals surface area (Å²) in [6.45, 7) is 6.00. The number of ether oxygens (including phenoxy) is 2. The number of anilines is 4. The van der Waals surface area contributed by atoms with Gasteiger partial charge in [0.1, 0.15) is 21.8 Å². The fraction of sp³-hybridized carbons (Fsp3) is 0.259. The second kappa shape index (κ2) is 10.4. The van der Waals surface area contributed by atoms with Gasteiger partial charge in [0.25, 0.3) is 5.91 Å². The summed E-state index contributed by atoms with van der Waals surface area (Å²) in [6, 6.07) is 10.8. The summed E-state index contributed by atoms with van der Waals surface area (Å²) in [6.07, 6.45) is 1.39. The van der Waals surface area contributed by atoms with Crippen LogP contribution in [0.15, 0.2) is 42.7 Å². The predicted molar refractivity (Wildman–Crippen MR) is 152 cm³/mol. The molecule has 0 radical (unpaired) electrons. The number of urea groups is 1. The lowest BCUT2D eigenvalue weighted by molar-refractivity contribution is 0.0342. The lowest BCUT2D eigenvalue weighted by Crippen LogP contribution is -2.35. The van der Waals surface area contributed by atoms with Crippen LogP contribution in [0.25, 0.3) is 10.2 Å². The summed E-state index contributed by atoms with van der Waals surface area (Å²) in [4.78, 5) is 40.3. The monoisotopic (exact) mass is 564 g/mol. The molecule has 4 aromatic rings. The van der Waals surface area contributed by atoms with Crippen molar-refractivity contribution in [3.8, 4) is 5.75 Å². The average Bonchev–Trinajstić information content (AvgIpc) is 3.31. The number of morpholine rings is 1. The number of methoxy groups -OCH3 is 1. The number of amides is 3. The summed E-state index contributed by atoms with van der Waals surface area (Å²) in [5, 5.41) is 6.88. The highest BCUT2D eigenvalue weighted by molar-refractivity contribution is 7.21. The van der Waals surface area contributed by atoms with Gasteiger partial charge < -0.3 is 20.1 Å². The molecule has 2 aromatic heterocycles. The lowest BCUT2D eigenvalue weighted by atomic mass is 10.1. The molecule has 12 heteroatoms. The number of thiophene rings is 1. The molecule has 6 rings (SSSR count). The summed E-state index contributed by atoms with van der Waals surface area (Å²) >= 11 is 7.48. The first-order chi connectivity index (χ1) is 18.9. The molecule has 0 aliphatic carbocycles. The number of hydrogen-bond acceptors (Lipinski definition) is 8. The highest BCUT2D eigenvalue weighted by Crippen LogP contribution is 2.46. The van der Waals surface area contributed by atoms with Crippen molar-refractivity contribution in [2.45, 2.75) is 13.5 Å². The molecule has 1 saturated heterocycles. The van der Waals surface area contributed by atoms with Crippen LogP contribution in [0.4, 0.5) is 27.7 Å². The summed E-state index contributed by atoms with van der Waals surface area (Å²) < 4.78 is 10.8. The highest BCUT2D eigenvalue weighted by Gasteiger charge is 2.34. The third kappa shape index (κ3) is 4.78. The molecular weight excluding hydrogens is 540 g/mol. The molecule has 39 heavy (non-hydrogen) atoms. The van der Waals surface area contributed by atoms with Crippen molar-refractivity contribution in [2.24, 2.45) is 0 Å². The number of benzene rings is 2. The molecule has 200 valence electrons. The molecule has 0 unspecified atom stereocenters. The zero-order valence-corrected chi connectivity index (χ0v) is 22.9. The van der Waals surface area contributed by atoms with Crippen LogP contribution in [0.1, 0.15) is 20.8 Å². The number of carbonyl (C=O) groups excluding carboxylic acids is 2. The van der Waals surface area contributed by atoms with Crippen LogP contribution < -0.4 is 20.3 Å². The fourth-order valence-corrected chi connectivity index (χ4v) is 6.07. The quantitative estimate of drug-likeness (QED) is 0.321. The molecule has 3 amide bonds. The minimum atomic E-state index is -0.449. The molecule has 0 atom stereocenters. The average molecular weight is 565 g/mol. The van der Waals surface area contributed by atoms with Crippen molar-refractivity contribution >= 4 is 68.0 Å². The Morgan fingerprint density at radius 3 is 2.72 bits per heavy atom. The first kappa shape index (κ1) is 25.5. The van der Waals surface area contributed by atoms with E-state index in [9.17, 15) is 9.59 Å². The maximum Gasteiger partial charge on any atom is 0.332 e. The van der Waals surface area contributed by atoms with Crippen molar-refractivity contribution < 1.29 is 19.1 Å². The van der Waals surface area contributed by atoms with E-state index in [0.717, 1.165) is 44.0 Å². The van der Waals surface area contributed by atoms with Gasteiger partial charge in [0.05, 0.1) is 42.1 Å². The Kier molecular flexibility index (Phi) is 6.81. The molecule has 10 nitrogen and oxygen atoms in total. The van der Waals surface area contributed by atoms with E-state index in [1.54, 1.807) is 12.1 Å². The third-order valence-corrected chi connectivity index (χ3v) is 8.15. The number of nitrogens with zero attached hydrogens (tertiary/aromatic N) is 4. The Balaban J connectivity index is 1.29. The molecule has 2 aromatic carbocycles. The van der Waals surface area contributed by atoms with E-state index in [-0.39, 0.29) is 5.91 Å². The van der Waals surface area contributed by atoms with Gasteiger partial charge in [0.2, 0.25) is 0 Å². The standard InChI is InChI=1S/C27H25ClN6O4S/c1-15-11-18(28)20(37-2)12-19(15)34-24-21-22(32-27(34)36)23(39-26(21)30-14-29-24)25(35)31-17-5-3-16(4-6-17)13-33-7-9-38-10-8-33/h3-6,11-12,14H,7-10,13H2,1-2H3,(H,31,35)(H,32,36). The smallest absolute Gasteiger partial charge is 0.332 e. The van der Waals surface area contributed by atoms with Crippen molar-refractivity contribution in [1.29, 1.82) is 0 Å². The van der Waals surface area contributed by atoms with E-state index in [1.807, 2.05) is 31.2 Å². The van der Waals surface area contributed by atoms with Crippen molar-refractivity contribution in [1.82, 2.24) is 14.9 Å². The largest absolute Gasteiger partial charge is 0.495 e. The Morgan fingerprint density at radius 2 is 1.97 bits per heavy atom. The van der Waals surface area contributed by atoms with Crippen molar-refractivity contribution in [3.05, 3.63) is 63.8 Å². The number of aromatic nitrogens is 2. The minimum Gasteiger partial charge on any atom is -0.495 e. The van der Waals surface area contributed by atoms with Gasteiger partial charge in [0.15, 0.2) is 5.82 Å². The van der Waals surface area contributed by atoms with Crippen molar-refractivity contribution in [2.75, 3.05) is 48.9 Å². The molecule has 2 aliphatic heterocycles. The second-order valence-electron chi connectivity index (χ2n) is 9.26. The maximum absolute atomic E-state index is 13.4. The molecule has 1 fully saturated rings. The molecule has 0 bridgehead atoms. The van der Waals surface area contributed by atoms with Crippen LogP contribution in [0, 0.1) is 6.92 Å². The van der Waals surface area contributed by atoms with Gasteiger partial charge >= 0.3 is 6.03 Å². The number of rotatable bonds is 6. The van der Waals surface area contributed by atoms with Gasteiger partial charge in [-0.2, -0.15) is 0 Å². The minimum absolute atomic E-state index is 0.335. The molecule has 0 spiro atoms. The fourth-order valence-electron chi connectivity index (χ4n) is 4.79. The molecular formula is C27H25ClN6O4S. The van der Waals surface area contributed by atoms with Crippen LogP contribution in [-0.2, 0) is 11.3 Å². The lowest BCUT2D eigenvalue weighted by Gasteiger charge is -2.28. The van der Waals surface area contributed by atoms with Gasteiger partial charge in [0, 0.05) is 31.4 Å².